The second kappa shape index (κ2) is 8.75. The van der Waals surface area contributed by atoms with Crippen LogP contribution in [0, 0.1) is 6.92 Å². The molecule has 2 N–H and O–H groups in total. The van der Waals surface area contributed by atoms with E-state index in [0.717, 1.165) is 10.9 Å². The molecule has 30 heavy (non-hydrogen) atoms. The lowest BCUT2D eigenvalue weighted by Gasteiger charge is -2.13. The predicted molar refractivity (Wildman–Crippen MR) is 116 cm³/mol. The highest BCUT2D eigenvalue weighted by molar-refractivity contribution is 7.80. The molecule has 8 nitrogen and oxygen atoms in total. The summed E-state index contributed by atoms with van der Waals surface area (Å²) in [4.78, 5) is 35.4. The van der Waals surface area contributed by atoms with E-state index in [1.54, 1.807) is 12.1 Å². The van der Waals surface area contributed by atoms with Crippen molar-refractivity contribution in [1.29, 1.82) is 0 Å². The highest BCUT2D eigenvalue weighted by Gasteiger charge is 2.14. The second-order valence-corrected chi connectivity index (χ2v) is 6.73. The van der Waals surface area contributed by atoms with Crippen LogP contribution in [0.3, 0.4) is 0 Å². The van der Waals surface area contributed by atoms with Gasteiger partial charge in [0.25, 0.3) is 0 Å². The number of carbonyl (C=O) groups is 2. The Balaban J connectivity index is 1.85. The van der Waals surface area contributed by atoms with Gasteiger partial charge in [0.1, 0.15) is 5.58 Å². The Bertz CT molecular complexity index is 1180. The summed E-state index contributed by atoms with van der Waals surface area (Å²) in [6.45, 7) is 1.83. The topological polar surface area (TPSA) is 107 Å². The van der Waals surface area contributed by atoms with E-state index in [0.29, 0.717) is 17.0 Å². The van der Waals surface area contributed by atoms with Crippen molar-refractivity contribution in [2.45, 2.75) is 6.92 Å². The zero-order valence-electron chi connectivity index (χ0n) is 16.4. The number of carbonyl (C=O) groups excluding carboxylic acids is 2. The summed E-state index contributed by atoms with van der Waals surface area (Å²) in [5, 5.41) is 6.89. The number of anilines is 2. The van der Waals surface area contributed by atoms with Crippen LogP contribution in [-0.2, 0) is 9.47 Å². The molecule has 154 valence electrons. The fraction of sp³-hybridized carbons (Fsp3) is 0.143. The number of rotatable bonds is 4. The lowest BCUT2D eigenvalue weighted by atomic mass is 10.1. The van der Waals surface area contributed by atoms with Gasteiger partial charge in [0.2, 0.25) is 0 Å². The van der Waals surface area contributed by atoms with Crippen LogP contribution in [-0.4, -0.2) is 31.3 Å². The molecule has 0 aliphatic rings. The molecule has 9 heteroatoms. The molecule has 0 radical (unpaired) electrons. The number of benzene rings is 2. The van der Waals surface area contributed by atoms with Gasteiger partial charge in [0.15, 0.2) is 5.11 Å². The van der Waals surface area contributed by atoms with Crippen LogP contribution in [0.2, 0.25) is 0 Å². The zero-order chi connectivity index (χ0) is 21.8. The van der Waals surface area contributed by atoms with Gasteiger partial charge in [-0.1, -0.05) is 0 Å². The second-order valence-electron chi connectivity index (χ2n) is 6.32. The Labute approximate surface area is 176 Å². The third-order valence-electron chi connectivity index (χ3n) is 4.24. The van der Waals surface area contributed by atoms with Crippen molar-refractivity contribution in [3.05, 3.63) is 69.6 Å². The molecule has 3 rings (SSSR count). The number of hydrogen-bond acceptors (Lipinski definition) is 7. The van der Waals surface area contributed by atoms with Crippen LogP contribution >= 0.6 is 12.2 Å². The number of nitrogens with one attached hydrogen (secondary N) is 2. The monoisotopic (exact) mass is 426 g/mol. The number of hydrogen-bond donors (Lipinski definition) is 2. The van der Waals surface area contributed by atoms with E-state index in [4.69, 9.17) is 26.1 Å². The minimum absolute atomic E-state index is 0.161. The molecule has 0 bridgehead atoms. The minimum Gasteiger partial charge on any atom is -0.465 e. The van der Waals surface area contributed by atoms with E-state index in [-0.39, 0.29) is 16.2 Å². The Kier molecular flexibility index (Phi) is 6.12. The molecule has 1 heterocycles. The van der Waals surface area contributed by atoms with Crippen molar-refractivity contribution in [2.24, 2.45) is 0 Å². The molecule has 0 aliphatic carbocycles. The third kappa shape index (κ3) is 4.64. The van der Waals surface area contributed by atoms with E-state index < -0.39 is 17.6 Å². The Morgan fingerprint density at radius 2 is 1.50 bits per heavy atom. The summed E-state index contributed by atoms with van der Waals surface area (Å²) < 4.78 is 14.7. The van der Waals surface area contributed by atoms with Crippen LogP contribution < -0.4 is 16.3 Å². The van der Waals surface area contributed by atoms with Crippen LogP contribution in [0.1, 0.15) is 26.3 Å². The summed E-state index contributed by atoms with van der Waals surface area (Å²) in [5.41, 5.74) is 2.09. The molecule has 0 atom stereocenters. The summed E-state index contributed by atoms with van der Waals surface area (Å²) in [6.07, 6.45) is 0. The first-order valence-electron chi connectivity index (χ1n) is 8.75. The van der Waals surface area contributed by atoms with Gasteiger partial charge in [-0.15, -0.1) is 0 Å². The number of ether oxygens (including phenoxy) is 2. The van der Waals surface area contributed by atoms with E-state index in [9.17, 15) is 14.4 Å². The van der Waals surface area contributed by atoms with Crippen molar-refractivity contribution in [2.75, 3.05) is 24.9 Å². The Morgan fingerprint density at radius 1 is 0.900 bits per heavy atom. The van der Waals surface area contributed by atoms with Gasteiger partial charge in [0.05, 0.1) is 25.3 Å². The summed E-state index contributed by atoms with van der Waals surface area (Å²) >= 11 is 5.32. The zero-order valence-corrected chi connectivity index (χ0v) is 17.2. The van der Waals surface area contributed by atoms with Crippen molar-refractivity contribution >= 4 is 51.6 Å². The van der Waals surface area contributed by atoms with Gasteiger partial charge in [-0.2, -0.15) is 0 Å². The molecule has 0 aliphatic heterocycles. The number of thiocarbonyl (C=S) groups is 1. The molecule has 0 unspecified atom stereocenters. The molecule has 0 amide bonds. The number of fused-ring (bicyclic) bond motifs is 1. The van der Waals surface area contributed by atoms with E-state index in [1.807, 2.05) is 13.0 Å². The highest BCUT2D eigenvalue weighted by atomic mass is 32.1. The van der Waals surface area contributed by atoms with E-state index in [1.165, 1.54) is 38.5 Å². The van der Waals surface area contributed by atoms with Crippen LogP contribution in [0.25, 0.3) is 11.0 Å². The van der Waals surface area contributed by atoms with Crippen molar-refractivity contribution in [1.82, 2.24) is 0 Å². The highest BCUT2D eigenvalue weighted by Crippen LogP contribution is 2.22. The lowest BCUT2D eigenvalue weighted by molar-refractivity contribution is 0.0599. The quantitative estimate of drug-likeness (QED) is 0.368. The molecule has 0 saturated carbocycles. The molecule has 3 aromatic rings. The summed E-state index contributed by atoms with van der Waals surface area (Å²) in [5.74, 6) is -1.22. The van der Waals surface area contributed by atoms with Gasteiger partial charge in [-0.3, -0.25) is 0 Å². The fourth-order valence-electron chi connectivity index (χ4n) is 2.87. The minimum atomic E-state index is -0.609. The van der Waals surface area contributed by atoms with E-state index >= 15 is 0 Å². The fourth-order valence-corrected chi connectivity index (χ4v) is 3.10. The van der Waals surface area contributed by atoms with Gasteiger partial charge < -0.3 is 24.5 Å². The first-order chi connectivity index (χ1) is 14.3. The molecule has 0 spiro atoms. The van der Waals surface area contributed by atoms with E-state index in [2.05, 4.69) is 10.6 Å². The number of methoxy groups -OCH3 is 2. The first kappa shape index (κ1) is 21.0. The van der Waals surface area contributed by atoms with Crippen molar-refractivity contribution < 1.29 is 23.5 Å². The predicted octanol–water partition coefficient (Wildman–Crippen LogP) is 3.48. The molecule has 2 aromatic carbocycles. The van der Waals surface area contributed by atoms with Gasteiger partial charge >= 0.3 is 17.6 Å². The van der Waals surface area contributed by atoms with Gasteiger partial charge in [-0.25, -0.2) is 14.4 Å². The number of aryl methyl sites for hydroxylation is 1. The van der Waals surface area contributed by atoms with Crippen molar-refractivity contribution in [3.8, 4) is 0 Å². The average Bonchev–Trinajstić information content (AvgIpc) is 2.71. The van der Waals surface area contributed by atoms with Crippen LogP contribution in [0.15, 0.2) is 51.7 Å². The third-order valence-corrected chi connectivity index (χ3v) is 4.45. The Morgan fingerprint density at radius 3 is 2.10 bits per heavy atom. The molecule has 1 aromatic heterocycles. The van der Waals surface area contributed by atoms with Gasteiger partial charge in [-0.05, 0) is 55.0 Å². The maximum atomic E-state index is 11.9. The SMILES string of the molecule is COC(=O)c1cc(NC(=S)Nc2ccc3c(C)cc(=O)oc3c2)cc(C(=O)OC)c1. The van der Waals surface area contributed by atoms with Crippen LogP contribution in [0.4, 0.5) is 11.4 Å². The van der Waals surface area contributed by atoms with Crippen molar-refractivity contribution in [3.63, 3.8) is 0 Å². The summed E-state index contributed by atoms with van der Waals surface area (Å²) in [6, 6.07) is 11.0. The molecular formula is C21H18N2O6S. The van der Waals surface area contributed by atoms with Crippen LogP contribution in [0.5, 0.6) is 0 Å². The average molecular weight is 426 g/mol. The summed E-state index contributed by atoms with van der Waals surface area (Å²) in [7, 11) is 2.48. The maximum absolute atomic E-state index is 11.9. The molecular weight excluding hydrogens is 408 g/mol. The largest absolute Gasteiger partial charge is 0.465 e. The molecule has 0 saturated heterocycles. The lowest BCUT2D eigenvalue weighted by Crippen LogP contribution is -2.20. The normalized spacial score (nSPS) is 10.4. The van der Waals surface area contributed by atoms with Gasteiger partial charge in [0, 0.05) is 28.9 Å². The molecule has 0 fully saturated rings. The smallest absolute Gasteiger partial charge is 0.337 e. The standard InChI is InChI=1S/C21H18N2O6S/c1-11-6-18(24)29-17-10-14(4-5-16(11)17)22-21(30)23-15-8-12(19(25)27-2)7-13(9-15)20(26)28-3/h4-10H,1-3H3,(H2,22,23,30). The Hall–Kier alpha value is -3.72. The number of esters is 2. The maximum Gasteiger partial charge on any atom is 0.337 e. The first-order valence-corrected chi connectivity index (χ1v) is 9.16.